The van der Waals surface area contributed by atoms with Gasteiger partial charge in [-0.15, -0.1) is 0 Å². The third kappa shape index (κ3) is 66.0. The largest absolute Gasteiger partial charge is 0.472 e. The molecule has 0 fully saturated rings. The molecular weight excluding hydrogens is 1230 g/mol. The van der Waals surface area contributed by atoms with E-state index in [4.69, 9.17) is 37.0 Å². The van der Waals surface area contributed by atoms with Gasteiger partial charge in [0.15, 0.2) is 12.2 Å². The van der Waals surface area contributed by atoms with Crippen molar-refractivity contribution in [3.05, 3.63) is 0 Å². The van der Waals surface area contributed by atoms with Gasteiger partial charge in [-0.3, -0.25) is 37.3 Å². The Kier molecular flexibility index (Phi) is 65.5. The minimum atomic E-state index is -4.95. The maximum Gasteiger partial charge on any atom is 0.472 e. The highest BCUT2D eigenvalue weighted by Gasteiger charge is 2.30. The summed E-state index contributed by atoms with van der Waals surface area (Å²) in [7, 11) is -9.90. The van der Waals surface area contributed by atoms with E-state index in [1.54, 1.807) is 0 Å². The van der Waals surface area contributed by atoms with Gasteiger partial charge in [-0.2, -0.15) is 0 Å². The van der Waals surface area contributed by atoms with Gasteiger partial charge in [0.05, 0.1) is 26.4 Å². The topological polar surface area (TPSA) is 237 Å². The molecule has 0 spiro atoms. The van der Waals surface area contributed by atoms with E-state index in [-0.39, 0.29) is 25.7 Å². The first-order valence-electron chi connectivity index (χ1n) is 39.1. The maximum absolute atomic E-state index is 13.1. The van der Waals surface area contributed by atoms with Crippen LogP contribution in [-0.4, -0.2) is 96.7 Å². The average molecular weight is 1380 g/mol. The number of hydrogen-bond donors (Lipinski definition) is 3. The molecule has 0 saturated carbocycles. The number of aliphatic hydroxyl groups excluding tert-OH is 1. The van der Waals surface area contributed by atoms with Gasteiger partial charge in [-0.25, -0.2) is 9.13 Å². The van der Waals surface area contributed by atoms with Crippen molar-refractivity contribution in [2.24, 2.45) is 11.8 Å². The summed E-state index contributed by atoms with van der Waals surface area (Å²) in [4.78, 5) is 72.5. The fraction of sp³-hybridized carbons (Fsp3) is 0.947. The van der Waals surface area contributed by atoms with Gasteiger partial charge in [0.2, 0.25) is 0 Å². The van der Waals surface area contributed by atoms with Crippen LogP contribution in [0.2, 0.25) is 0 Å². The van der Waals surface area contributed by atoms with Crippen molar-refractivity contribution in [1.82, 2.24) is 0 Å². The fourth-order valence-electron chi connectivity index (χ4n) is 11.4. The predicted octanol–water partition coefficient (Wildman–Crippen LogP) is 21.9. The molecule has 7 atom stereocenters. The molecule has 0 aliphatic heterocycles. The maximum atomic E-state index is 13.1. The van der Waals surface area contributed by atoms with Crippen molar-refractivity contribution in [2.45, 2.75) is 407 Å². The van der Waals surface area contributed by atoms with Crippen LogP contribution in [0.1, 0.15) is 388 Å². The smallest absolute Gasteiger partial charge is 0.462 e. The van der Waals surface area contributed by atoms with Gasteiger partial charge in [-0.05, 0) is 37.5 Å². The number of carbonyl (C=O) groups is 4. The van der Waals surface area contributed by atoms with Gasteiger partial charge in [0, 0.05) is 25.7 Å². The lowest BCUT2D eigenvalue weighted by Gasteiger charge is -2.21. The van der Waals surface area contributed by atoms with Crippen molar-refractivity contribution in [1.29, 1.82) is 0 Å². The van der Waals surface area contributed by atoms with Crippen LogP contribution in [0.25, 0.3) is 0 Å². The summed E-state index contributed by atoms with van der Waals surface area (Å²) in [5, 5.41) is 10.6. The minimum absolute atomic E-state index is 0.107. The lowest BCUT2D eigenvalue weighted by molar-refractivity contribution is -0.161. The van der Waals surface area contributed by atoms with Crippen LogP contribution in [0.3, 0.4) is 0 Å². The quantitative estimate of drug-likeness (QED) is 0.0222. The van der Waals surface area contributed by atoms with E-state index < -0.39 is 97.5 Å². The van der Waals surface area contributed by atoms with Crippen LogP contribution < -0.4 is 0 Å². The summed E-state index contributed by atoms with van der Waals surface area (Å²) < 4.78 is 68.2. The summed E-state index contributed by atoms with van der Waals surface area (Å²) in [6.45, 7) is 9.60. The number of rotatable bonds is 74. The van der Waals surface area contributed by atoms with Crippen molar-refractivity contribution >= 4 is 39.5 Å². The van der Waals surface area contributed by atoms with Crippen molar-refractivity contribution < 1.29 is 80.2 Å². The molecule has 0 radical (unpaired) electrons. The normalized spacial score (nSPS) is 14.6. The summed E-state index contributed by atoms with van der Waals surface area (Å²) >= 11 is 0. The van der Waals surface area contributed by atoms with E-state index in [0.29, 0.717) is 25.7 Å². The Hall–Kier alpha value is -1.94. The molecule has 0 heterocycles. The van der Waals surface area contributed by atoms with Crippen LogP contribution in [0, 0.1) is 11.8 Å². The van der Waals surface area contributed by atoms with E-state index in [9.17, 15) is 43.2 Å². The highest BCUT2D eigenvalue weighted by Crippen LogP contribution is 2.45. The van der Waals surface area contributed by atoms with Crippen molar-refractivity contribution in [3.63, 3.8) is 0 Å². The van der Waals surface area contributed by atoms with Gasteiger partial charge >= 0.3 is 39.5 Å². The number of hydrogen-bond acceptors (Lipinski definition) is 15. The number of aliphatic hydroxyl groups is 1. The van der Waals surface area contributed by atoms with Gasteiger partial charge in [0.1, 0.15) is 19.3 Å². The minimum Gasteiger partial charge on any atom is -0.462 e. The highest BCUT2D eigenvalue weighted by molar-refractivity contribution is 7.47. The summed E-state index contributed by atoms with van der Waals surface area (Å²) in [5.41, 5.74) is 0. The third-order valence-electron chi connectivity index (χ3n) is 18.2. The molecule has 0 rings (SSSR count). The molecule has 0 aliphatic carbocycles. The number of ether oxygens (including phenoxy) is 4. The van der Waals surface area contributed by atoms with Crippen LogP contribution in [0.5, 0.6) is 0 Å². The second-order valence-corrected chi connectivity index (χ2v) is 30.4. The number of phosphoric ester groups is 2. The second-order valence-electron chi connectivity index (χ2n) is 27.5. The van der Waals surface area contributed by atoms with E-state index in [1.807, 2.05) is 0 Å². The zero-order valence-electron chi connectivity index (χ0n) is 61.3. The van der Waals surface area contributed by atoms with Crippen LogP contribution >= 0.6 is 15.6 Å². The Balaban J connectivity index is 5.11. The highest BCUT2D eigenvalue weighted by atomic mass is 31.2. The Labute approximate surface area is 575 Å². The lowest BCUT2D eigenvalue weighted by Crippen LogP contribution is -2.30. The zero-order chi connectivity index (χ0) is 69.3. The Bertz CT molecular complexity index is 1820. The zero-order valence-corrected chi connectivity index (χ0v) is 63.1. The first kappa shape index (κ1) is 92.1. The van der Waals surface area contributed by atoms with Crippen LogP contribution in [-0.2, 0) is 65.4 Å². The Morgan fingerprint density at radius 2 is 0.511 bits per heavy atom. The van der Waals surface area contributed by atoms with Crippen molar-refractivity contribution in [3.8, 4) is 0 Å². The van der Waals surface area contributed by atoms with Gasteiger partial charge < -0.3 is 33.8 Å². The summed E-state index contributed by atoms with van der Waals surface area (Å²) in [6.07, 6.45) is 54.4. The SMILES string of the molecule is CCCCCCCCCCCCCCCC(=O)O[C@H](COC(=O)CCCCCCC)COP(=O)(O)OC[C@H](O)COP(=O)(O)OC[C@@H](COC(=O)CCCCCCCCCCCCC(C)CC)OC(=O)CCCCCCCCCCCCCCCCCCCCC(C)CC. The first-order valence-corrected chi connectivity index (χ1v) is 42.1. The predicted molar refractivity (Wildman–Crippen MR) is 381 cm³/mol. The Morgan fingerprint density at radius 3 is 0.755 bits per heavy atom. The number of carbonyl (C=O) groups excluding carboxylic acids is 4. The molecule has 17 nitrogen and oxygen atoms in total. The standard InChI is InChI=1S/C75H146O17P2/c1-7-11-13-15-16-17-18-25-29-36-41-47-53-59-74(79)91-70(63-85-72(77)57-51-43-14-12-8-2)65-89-93(81,82)87-61-69(76)62-88-94(83,84)90-66-71(64-86-73(78)58-52-46-40-35-32-31-34-39-45-50-56-68(6)10-4)92-75(80)60-54-48-42-37-30-27-24-22-20-19-21-23-26-28-33-38-44-49-55-67(5)9-3/h67-71,76H,7-66H2,1-6H3,(H,81,82)(H,83,84)/t67?,68?,69-,70+,71+/m0/s1. The van der Waals surface area contributed by atoms with E-state index in [0.717, 1.165) is 108 Å². The molecule has 0 aromatic heterocycles. The molecule has 94 heavy (non-hydrogen) atoms. The lowest BCUT2D eigenvalue weighted by atomic mass is 9.99. The molecule has 0 amide bonds. The summed E-state index contributed by atoms with van der Waals surface area (Å²) in [6, 6.07) is 0. The number of unbranched alkanes of at least 4 members (excludes halogenated alkanes) is 42. The molecule has 4 unspecified atom stereocenters. The molecule has 558 valence electrons. The average Bonchev–Trinajstić information content (AvgIpc) is 3.32. The monoisotopic (exact) mass is 1380 g/mol. The molecule has 3 N–H and O–H groups in total. The van der Waals surface area contributed by atoms with Gasteiger partial charge in [0.25, 0.3) is 0 Å². The first-order chi connectivity index (χ1) is 45.4. The van der Waals surface area contributed by atoms with E-state index >= 15 is 0 Å². The third-order valence-corrected chi connectivity index (χ3v) is 20.1. The molecule has 0 saturated heterocycles. The molecule has 0 bridgehead atoms. The van der Waals surface area contributed by atoms with Gasteiger partial charge in [-0.1, -0.05) is 337 Å². The molecule has 0 aromatic carbocycles. The molecule has 0 aromatic rings. The second kappa shape index (κ2) is 66.9. The number of phosphoric acid groups is 2. The fourth-order valence-corrected chi connectivity index (χ4v) is 13.0. The number of esters is 4. The molecule has 0 aliphatic rings. The van der Waals surface area contributed by atoms with Crippen LogP contribution in [0.15, 0.2) is 0 Å². The van der Waals surface area contributed by atoms with Crippen molar-refractivity contribution in [2.75, 3.05) is 39.6 Å². The molecule has 19 heteroatoms. The van der Waals surface area contributed by atoms with E-state index in [1.165, 1.54) is 199 Å². The molecular formula is C75H146O17P2. The summed E-state index contributed by atoms with van der Waals surface area (Å²) in [5.74, 6) is -0.448. The van der Waals surface area contributed by atoms with Crippen LogP contribution in [0.4, 0.5) is 0 Å². The van der Waals surface area contributed by atoms with E-state index in [2.05, 4.69) is 41.5 Å². The Morgan fingerprint density at radius 1 is 0.298 bits per heavy atom.